The molecule has 0 radical (unpaired) electrons. The number of amides is 1. The van der Waals surface area contributed by atoms with Crippen molar-refractivity contribution in [2.75, 3.05) is 13.7 Å². The number of allylic oxidation sites excluding steroid dienone is 2. The number of nitrogens with one attached hydrogen (secondary N) is 1. The molecular formula is C24H29NO7S. The molecule has 2 heterocycles. The Kier molecular flexibility index (Phi) is 10.1. The van der Waals surface area contributed by atoms with E-state index in [2.05, 4.69) is 10.1 Å². The summed E-state index contributed by atoms with van der Waals surface area (Å²) in [5, 5.41) is 21.8. The van der Waals surface area contributed by atoms with Crippen LogP contribution in [0.1, 0.15) is 64.9 Å². The van der Waals surface area contributed by atoms with Gasteiger partial charge in [-0.25, -0.2) is 9.59 Å². The number of aromatic hydroxyl groups is 1. The number of aliphatic hydroxyl groups is 1. The number of carbonyl (C=O) groups is 2. The van der Waals surface area contributed by atoms with Gasteiger partial charge >= 0.3 is 11.7 Å². The summed E-state index contributed by atoms with van der Waals surface area (Å²) in [6.45, 7) is 3.53. The lowest BCUT2D eigenvalue weighted by Crippen LogP contribution is -2.16. The molecule has 8 nitrogen and oxygen atoms in total. The van der Waals surface area contributed by atoms with Gasteiger partial charge in [-0.1, -0.05) is 13.0 Å². The number of Topliss-reactive ketones (excluding diaryl/α,β-unsaturated/α-hetero) is 1. The zero-order valence-corrected chi connectivity index (χ0v) is 19.7. The van der Waals surface area contributed by atoms with Crippen LogP contribution in [0.3, 0.4) is 0 Å². The van der Waals surface area contributed by atoms with Crippen molar-refractivity contribution < 1.29 is 29.0 Å². The van der Waals surface area contributed by atoms with Crippen LogP contribution < -0.4 is 10.9 Å². The highest BCUT2D eigenvalue weighted by Gasteiger charge is 2.22. The van der Waals surface area contributed by atoms with Gasteiger partial charge in [-0.05, 0) is 56.4 Å². The number of aliphatic hydroxyl groups excluding tert-OH is 1. The van der Waals surface area contributed by atoms with E-state index in [-0.39, 0.29) is 23.8 Å². The molecule has 1 atom stereocenters. The SMILES string of the molecule is COC(=O)N/C=C/CCC(C)c1cc(O)c(C(=O)C(C)=Cc2ccc(CCCO)s2)c(=O)o1. The van der Waals surface area contributed by atoms with Crippen LogP contribution in [0, 0.1) is 0 Å². The van der Waals surface area contributed by atoms with Gasteiger partial charge in [0.05, 0.1) is 7.11 Å². The summed E-state index contributed by atoms with van der Waals surface area (Å²) in [6, 6.07) is 5.12. The fraction of sp³-hybridized carbons (Fsp3) is 0.375. The third kappa shape index (κ3) is 7.73. The molecular weight excluding hydrogens is 446 g/mol. The first-order valence-corrected chi connectivity index (χ1v) is 11.4. The molecule has 0 saturated heterocycles. The fourth-order valence-corrected chi connectivity index (χ4v) is 4.10. The van der Waals surface area contributed by atoms with E-state index >= 15 is 0 Å². The molecule has 0 saturated carbocycles. The predicted octanol–water partition coefficient (Wildman–Crippen LogP) is 4.37. The van der Waals surface area contributed by atoms with Gasteiger partial charge in [-0.15, -0.1) is 11.3 Å². The maximum Gasteiger partial charge on any atom is 0.410 e. The summed E-state index contributed by atoms with van der Waals surface area (Å²) < 4.78 is 9.79. The number of hydrogen-bond acceptors (Lipinski definition) is 8. The Balaban J connectivity index is 2.09. The Labute approximate surface area is 196 Å². The topological polar surface area (TPSA) is 126 Å². The third-order valence-corrected chi connectivity index (χ3v) is 6.01. The molecule has 0 aromatic carbocycles. The van der Waals surface area contributed by atoms with Crippen LogP contribution >= 0.6 is 11.3 Å². The summed E-state index contributed by atoms with van der Waals surface area (Å²) in [6.07, 6.45) is 6.89. The predicted molar refractivity (Wildman–Crippen MR) is 127 cm³/mol. The maximum atomic E-state index is 12.8. The number of rotatable bonds is 11. The zero-order valence-electron chi connectivity index (χ0n) is 18.9. The molecule has 2 rings (SSSR count). The van der Waals surface area contributed by atoms with Crippen LogP contribution in [0.15, 0.2) is 45.3 Å². The van der Waals surface area contributed by atoms with Crippen LogP contribution in [-0.4, -0.2) is 35.8 Å². The van der Waals surface area contributed by atoms with Gasteiger partial charge in [0, 0.05) is 34.5 Å². The molecule has 1 amide bonds. The Bertz CT molecular complexity index is 1080. The van der Waals surface area contributed by atoms with Crippen LogP contribution in [0.2, 0.25) is 0 Å². The first-order valence-electron chi connectivity index (χ1n) is 10.6. The molecule has 2 aromatic rings. The van der Waals surface area contributed by atoms with E-state index in [1.807, 2.05) is 19.1 Å². The number of carbonyl (C=O) groups excluding carboxylic acids is 2. The number of methoxy groups -OCH3 is 1. The molecule has 33 heavy (non-hydrogen) atoms. The van der Waals surface area contributed by atoms with E-state index in [9.17, 15) is 19.5 Å². The first kappa shape index (κ1) is 26.1. The first-order chi connectivity index (χ1) is 15.8. The molecule has 2 aromatic heterocycles. The van der Waals surface area contributed by atoms with Gasteiger partial charge in [0.25, 0.3) is 0 Å². The second-order valence-electron chi connectivity index (χ2n) is 7.50. The highest BCUT2D eigenvalue weighted by Crippen LogP contribution is 2.27. The molecule has 9 heteroatoms. The fourth-order valence-electron chi connectivity index (χ4n) is 3.04. The molecule has 3 N–H and O–H groups in total. The second-order valence-corrected chi connectivity index (χ2v) is 8.70. The average Bonchev–Trinajstić information content (AvgIpc) is 3.23. The molecule has 0 aliphatic heterocycles. The van der Waals surface area contributed by atoms with E-state index in [0.29, 0.717) is 24.8 Å². The monoisotopic (exact) mass is 475 g/mol. The number of ketones is 1. The number of alkyl carbamates (subject to hydrolysis) is 1. The van der Waals surface area contributed by atoms with Crippen molar-refractivity contribution in [2.24, 2.45) is 0 Å². The lowest BCUT2D eigenvalue weighted by Gasteiger charge is -2.11. The van der Waals surface area contributed by atoms with Gasteiger partial charge < -0.3 is 19.4 Å². The van der Waals surface area contributed by atoms with Gasteiger partial charge in [0.2, 0.25) is 0 Å². The van der Waals surface area contributed by atoms with E-state index < -0.39 is 23.3 Å². The standard InChI is InChI=1S/C24H29NO7S/c1-15(7-4-5-11-25-24(30)31-3)20-14-19(27)21(23(29)32-20)22(28)16(2)13-18-10-9-17(33-18)8-6-12-26/h5,9-11,13-15,26-27H,4,6-8,12H2,1-3H3,(H,25,30)/b11-5+,16-13?. The Morgan fingerprint density at radius 2 is 2.09 bits per heavy atom. The molecule has 178 valence electrons. The number of thiophene rings is 1. The molecule has 0 spiro atoms. The number of hydrogen-bond donors (Lipinski definition) is 3. The van der Waals surface area contributed by atoms with Gasteiger partial charge in [0.15, 0.2) is 5.78 Å². The van der Waals surface area contributed by atoms with E-state index in [1.165, 1.54) is 30.7 Å². The van der Waals surface area contributed by atoms with Gasteiger partial charge in [0.1, 0.15) is 17.1 Å². The van der Waals surface area contributed by atoms with Crippen LogP contribution in [-0.2, 0) is 11.2 Å². The zero-order chi connectivity index (χ0) is 24.4. The molecule has 1 unspecified atom stereocenters. The van der Waals surface area contributed by atoms with Crippen molar-refractivity contribution in [3.05, 3.63) is 67.5 Å². The van der Waals surface area contributed by atoms with Crippen molar-refractivity contribution in [2.45, 2.75) is 45.4 Å². The second kappa shape index (κ2) is 12.8. The van der Waals surface area contributed by atoms with Crippen molar-refractivity contribution >= 4 is 29.3 Å². The number of ether oxygens (including phenoxy) is 1. The smallest absolute Gasteiger partial charge is 0.410 e. The molecule has 0 bridgehead atoms. The van der Waals surface area contributed by atoms with Crippen molar-refractivity contribution in [1.82, 2.24) is 5.32 Å². The Morgan fingerprint density at radius 3 is 2.76 bits per heavy atom. The lowest BCUT2D eigenvalue weighted by molar-refractivity contribution is 0.102. The molecule has 0 aliphatic rings. The molecule has 0 fully saturated rings. The van der Waals surface area contributed by atoms with Crippen LogP contribution in [0.25, 0.3) is 6.08 Å². The number of aryl methyl sites for hydroxylation is 1. The van der Waals surface area contributed by atoms with E-state index in [4.69, 9.17) is 9.52 Å². The van der Waals surface area contributed by atoms with E-state index in [0.717, 1.165) is 16.2 Å². The van der Waals surface area contributed by atoms with E-state index in [1.54, 1.807) is 19.1 Å². The van der Waals surface area contributed by atoms with Crippen molar-refractivity contribution in [3.8, 4) is 5.75 Å². The van der Waals surface area contributed by atoms with Crippen LogP contribution in [0.5, 0.6) is 5.75 Å². The highest BCUT2D eigenvalue weighted by atomic mass is 32.1. The summed E-state index contributed by atoms with van der Waals surface area (Å²) in [4.78, 5) is 38.2. The summed E-state index contributed by atoms with van der Waals surface area (Å²) in [7, 11) is 1.27. The average molecular weight is 476 g/mol. The summed E-state index contributed by atoms with van der Waals surface area (Å²) in [5.74, 6) is -0.932. The summed E-state index contributed by atoms with van der Waals surface area (Å²) >= 11 is 1.50. The Hall–Kier alpha value is -3.17. The largest absolute Gasteiger partial charge is 0.507 e. The lowest BCUT2D eigenvalue weighted by atomic mass is 10.00. The Morgan fingerprint density at radius 1 is 1.33 bits per heavy atom. The van der Waals surface area contributed by atoms with Crippen molar-refractivity contribution in [1.29, 1.82) is 0 Å². The summed E-state index contributed by atoms with van der Waals surface area (Å²) in [5.41, 5.74) is -0.969. The quantitative estimate of drug-likeness (QED) is 0.325. The molecule has 0 aliphatic carbocycles. The maximum absolute atomic E-state index is 12.8. The third-order valence-electron chi connectivity index (χ3n) is 4.91. The van der Waals surface area contributed by atoms with Crippen molar-refractivity contribution in [3.63, 3.8) is 0 Å². The van der Waals surface area contributed by atoms with Gasteiger partial charge in [-0.2, -0.15) is 0 Å². The minimum absolute atomic E-state index is 0.119. The highest BCUT2D eigenvalue weighted by molar-refractivity contribution is 7.12. The van der Waals surface area contributed by atoms with Gasteiger partial charge in [-0.3, -0.25) is 10.1 Å². The minimum atomic E-state index is -0.882. The van der Waals surface area contributed by atoms with Crippen LogP contribution in [0.4, 0.5) is 4.79 Å². The minimum Gasteiger partial charge on any atom is -0.507 e. The normalized spacial score (nSPS) is 12.7.